The Morgan fingerprint density at radius 1 is 1.18 bits per heavy atom. The van der Waals surface area contributed by atoms with Crippen molar-refractivity contribution >= 4 is 39.0 Å². The Morgan fingerprint density at radius 3 is 2.77 bits per heavy atom. The fraction of sp³-hybridized carbons (Fsp3) is 0.0588. The van der Waals surface area contributed by atoms with Gasteiger partial charge >= 0.3 is 0 Å². The molecule has 1 aromatic heterocycles. The monoisotopic (exact) mass is 355 g/mol. The molecule has 2 aromatic carbocycles. The SMILES string of the molecule is O=C(Cc1ccc(Br)cc1)NN=Cc1c[nH]c2ccccc12. The van der Waals surface area contributed by atoms with Gasteiger partial charge in [0.05, 0.1) is 12.6 Å². The molecular formula is C17H14BrN3O. The van der Waals surface area contributed by atoms with Crippen molar-refractivity contribution in [3.63, 3.8) is 0 Å². The van der Waals surface area contributed by atoms with E-state index in [2.05, 4.69) is 31.4 Å². The van der Waals surface area contributed by atoms with Crippen LogP contribution in [-0.4, -0.2) is 17.1 Å². The minimum atomic E-state index is -0.140. The lowest BCUT2D eigenvalue weighted by Crippen LogP contribution is -2.19. The van der Waals surface area contributed by atoms with E-state index < -0.39 is 0 Å². The van der Waals surface area contributed by atoms with Crippen molar-refractivity contribution in [1.82, 2.24) is 10.4 Å². The van der Waals surface area contributed by atoms with E-state index in [0.717, 1.165) is 26.5 Å². The maximum Gasteiger partial charge on any atom is 0.244 e. The fourth-order valence-electron chi connectivity index (χ4n) is 2.20. The molecule has 4 nitrogen and oxygen atoms in total. The van der Waals surface area contributed by atoms with Crippen LogP contribution < -0.4 is 5.43 Å². The molecule has 0 aliphatic carbocycles. The van der Waals surface area contributed by atoms with Gasteiger partial charge in [0.1, 0.15) is 0 Å². The Balaban J connectivity index is 1.62. The van der Waals surface area contributed by atoms with Gasteiger partial charge < -0.3 is 4.98 Å². The Labute approximate surface area is 136 Å². The number of H-pyrrole nitrogens is 1. The van der Waals surface area contributed by atoms with Crippen molar-refractivity contribution < 1.29 is 4.79 Å². The minimum absolute atomic E-state index is 0.140. The van der Waals surface area contributed by atoms with Crippen molar-refractivity contribution in [1.29, 1.82) is 0 Å². The number of hydrogen-bond donors (Lipinski definition) is 2. The quantitative estimate of drug-likeness (QED) is 0.544. The Hall–Kier alpha value is -2.40. The summed E-state index contributed by atoms with van der Waals surface area (Å²) in [4.78, 5) is 15.0. The zero-order valence-corrected chi connectivity index (χ0v) is 13.3. The summed E-state index contributed by atoms with van der Waals surface area (Å²) in [6, 6.07) is 15.6. The molecule has 0 unspecified atom stereocenters. The number of nitrogens with zero attached hydrogens (tertiary/aromatic N) is 1. The number of carbonyl (C=O) groups is 1. The highest BCUT2D eigenvalue weighted by molar-refractivity contribution is 9.10. The normalized spacial score (nSPS) is 11.1. The third-order valence-corrected chi connectivity index (χ3v) is 3.82. The summed E-state index contributed by atoms with van der Waals surface area (Å²) in [5.74, 6) is -0.140. The van der Waals surface area contributed by atoms with E-state index in [9.17, 15) is 4.79 Å². The number of fused-ring (bicyclic) bond motifs is 1. The lowest BCUT2D eigenvalue weighted by atomic mass is 10.1. The average Bonchev–Trinajstić information content (AvgIpc) is 2.93. The fourth-order valence-corrected chi connectivity index (χ4v) is 2.47. The molecule has 0 aliphatic rings. The number of rotatable bonds is 4. The largest absolute Gasteiger partial charge is 0.361 e. The summed E-state index contributed by atoms with van der Waals surface area (Å²) < 4.78 is 0.994. The summed E-state index contributed by atoms with van der Waals surface area (Å²) >= 11 is 3.37. The first-order valence-corrected chi connectivity index (χ1v) is 7.64. The Kier molecular flexibility index (Phi) is 4.34. The molecule has 3 aromatic rings. The van der Waals surface area contributed by atoms with Gasteiger partial charge in [-0.2, -0.15) is 5.10 Å². The molecule has 0 radical (unpaired) electrons. The number of hydrogen-bond acceptors (Lipinski definition) is 2. The first kappa shape index (κ1) is 14.5. The molecule has 1 amide bonds. The molecule has 0 aliphatic heterocycles. The number of nitrogens with one attached hydrogen (secondary N) is 2. The number of aromatic amines is 1. The molecule has 0 fully saturated rings. The van der Waals surface area contributed by atoms with E-state index in [-0.39, 0.29) is 5.91 Å². The molecular weight excluding hydrogens is 342 g/mol. The zero-order valence-electron chi connectivity index (χ0n) is 11.7. The maximum atomic E-state index is 11.8. The number of hydrazone groups is 1. The second-order valence-corrected chi connectivity index (χ2v) is 5.80. The van der Waals surface area contributed by atoms with Crippen molar-refractivity contribution in [3.8, 4) is 0 Å². The molecule has 5 heteroatoms. The van der Waals surface area contributed by atoms with E-state index in [1.807, 2.05) is 54.7 Å². The van der Waals surface area contributed by atoms with Crippen LogP contribution >= 0.6 is 15.9 Å². The summed E-state index contributed by atoms with van der Waals surface area (Å²) in [7, 11) is 0. The third kappa shape index (κ3) is 3.43. The van der Waals surface area contributed by atoms with Crippen molar-refractivity contribution in [2.24, 2.45) is 5.10 Å². The van der Waals surface area contributed by atoms with E-state index in [4.69, 9.17) is 0 Å². The lowest BCUT2D eigenvalue weighted by molar-refractivity contribution is -0.120. The van der Waals surface area contributed by atoms with Crippen LogP contribution in [0.15, 0.2) is 64.3 Å². The van der Waals surface area contributed by atoms with Gasteiger partial charge in [0.15, 0.2) is 0 Å². The highest BCUT2D eigenvalue weighted by atomic mass is 79.9. The predicted molar refractivity (Wildman–Crippen MR) is 91.9 cm³/mol. The van der Waals surface area contributed by atoms with Gasteiger partial charge in [0.25, 0.3) is 0 Å². The molecule has 110 valence electrons. The van der Waals surface area contributed by atoms with E-state index >= 15 is 0 Å². The summed E-state index contributed by atoms with van der Waals surface area (Å²) in [5.41, 5.74) is 5.49. The maximum absolute atomic E-state index is 11.8. The third-order valence-electron chi connectivity index (χ3n) is 3.29. The molecule has 22 heavy (non-hydrogen) atoms. The second-order valence-electron chi connectivity index (χ2n) is 4.89. The average molecular weight is 356 g/mol. The predicted octanol–water partition coefficient (Wildman–Crippen LogP) is 3.62. The van der Waals surface area contributed by atoms with Crippen LogP contribution in [0.4, 0.5) is 0 Å². The Morgan fingerprint density at radius 2 is 1.95 bits per heavy atom. The number of halogens is 1. The lowest BCUT2D eigenvalue weighted by Gasteiger charge is -2.00. The van der Waals surface area contributed by atoms with Crippen LogP contribution in [0.2, 0.25) is 0 Å². The molecule has 0 bridgehead atoms. The van der Waals surface area contributed by atoms with Crippen molar-refractivity contribution in [2.45, 2.75) is 6.42 Å². The Bertz CT molecular complexity index is 821. The molecule has 0 saturated carbocycles. The first-order valence-electron chi connectivity index (χ1n) is 6.85. The van der Waals surface area contributed by atoms with Crippen LogP contribution in [0.3, 0.4) is 0 Å². The van der Waals surface area contributed by atoms with Gasteiger partial charge in [0, 0.05) is 27.1 Å². The second kappa shape index (κ2) is 6.58. The first-order chi connectivity index (χ1) is 10.7. The summed E-state index contributed by atoms with van der Waals surface area (Å²) in [5, 5.41) is 5.10. The van der Waals surface area contributed by atoms with Crippen LogP contribution in [0.5, 0.6) is 0 Å². The summed E-state index contributed by atoms with van der Waals surface area (Å²) in [6.45, 7) is 0. The smallest absolute Gasteiger partial charge is 0.244 e. The molecule has 0 saturated heterocycles. The van der Waals surface area contributed by atoms with Crippen molar-refractivity contribution in [3.05, 3.63) is 70.3 Å². The molecule has 0 atom stereocenters. The minimum Gasteiger partial charge on any atom is -0.361 e. The van der Waals surface area contributed by atoms with Crippen LogP contribution in [0.25, 0.3) is 10.9 Å². The number of benzene rings is 2. The molecule has 0 spiro atoms. The molecule has 2 N–H and O–H groups in total. The van der Waals surface area contributed by atoms with Gasteiger partial charge in [-0.05, 0) is 23.8 Å². The number of para-hydroxylation sites is 1. The van der Waals surface area contributed by atoms with Gasteiger partial charge in [-0.3, -0.25) is 4.79 Å². The molecule has 3 rings (SSSR count). The topological polar surface area (TPSA) is 57.2 Å². The van der Waals surface area contributed by atoms with Gasteiger partial charge in [-0.15, -0.1) is 0 Å². The number of amides is 1. The zero-order chi connectivity index (χ0) is 15.4. The summed E-state index contributed by atoms with van der Waals surface area (Å²) in [6.07, 6.45) is 3.83. The van der Waals surface area contributed by atoms with Gasteiger partial charge in [-0.25, -0.2) is 5.43 Å². The number of aromatic nitrogens is 1. The van der Waals surface area contributed by atoms with Crippen LogP contribution in [-0.2, 0) is 11.2 Å². The van der Waals surface area contributed by atoms with Crippen molar-refractivity contribution in [2.75, 3.05) is 0 Å². The standard InChI is InChI=1S/C17H14BrN3O/c18-14-7-5-12(6-8-14)9-17(22)21-20-11-13-10-19-16-4-2-1-3-15(13)16/h1-8,10-11,19H,9H2,(H,21,22). The highest BCUT2D eigenvalue weighted by Crippen LogP contribution is 2.15. The van der Waals surface area contributed by atoms with E-state index in [0.29, 0.717) is 6.42 Å². The van der Waals surface area contributed by atoms with E-state index in [1.165, 1.54) is 0 Å². The number of carbonyl (C=O) groups excluding carboxylic acids is 1. The van der Waals surface area contributed by atoms with Crippen LogP contribution in [0, 0.1) is 0 Å². The van der Waals surface area contributed by atoms with Gasteiger partial charge in [0.2, 0.25) is 5.91 Å². The van der Waals surface area contributed by atoms with Gasteiger partial charge in [-0.1, -0.05) is 46.3 Å². The van der Waals surface area contributed by atoms with E-state index in [1.54, 1.807) is 6.21 Å². The van der Waals surface area contributed by atoms with Crippen LogP contribution in [0.1, 0.15) is 11.1 Å². The highest BCUT2D eigenvalue weighted by Gasteiger charge is 2.03. The molecule has 1 heterocycles.